The lowest BCUT2D eigenvalue weighted by atomic mass is 9.79. The fraction of sp³-hybridized carbons (Fsp3) is 0.846. The highest BCUT2D eigenvalue weighted by atomic mass is 32.2. The maximum absolute atomic E-state index is 11.3. The van der Waals surface area contributed by atoms with Crippen LogP contribution in [0.3, 0.4) is 0 Å². The average molecular weight is 269 g/mol. The second-order valence-corrected chi connectivity index (χ2v) is 7.19. The van der Waals surface area contributed by atoms with Crippen molar-refractivity contribution in [2.45, 2.75) is 57.5 Å². The summed E-state index contributed by atoms with van der Waals surface area (Å²) >= 11 is 1.72. The molecule has 102 valence electrons. The van der Waals surface area contributed by atoms with Gasteiger partial charge in [-0.3, -0.25) is 9.79 Å². The van der Waals surface area contributed by atoms with Gasteiger partial charge in [0.1, 0.15) is 5.54 Å². The van der Waals surface area contributed by atoms with Crippen molar-refractivity contribution in [3.63, 3.8) is 0 Å². The van der Waals surface area contributed by atoms with Crippen molar-refractivity contribution < 1.29 is 4.79 Å². The van der Waals surface area contributed by atoms with Crippen LogP contribution < -0.4 is 11.1 Å². The molecule has 0 aromatic rings. The molecule has 4 nitrogen and oxygen atoms in total. The van der Waals surface area contributed by atoms with Crippen molar-refractivity contribution in [3.8, 4) is 0 Å². The topological polar surface area (TPSA) is 67.5 Å². The zero-order valence-electron chi connectivity index (χ0n) is 11.5. The molecular weight excluding hydrogens is 246 g/mol. The Morgan fingerprint density at radius 1 is 1.50 bits per heavy atom. The highest BCUT2D eigenvalue weighted by Crippen LogP contribution is 2.41. The van der Waals surface area contributed by atoms with Gasteiger partial charge in [0.15, 0.2) is 5.17 Å². The fourth-order valence-corrected chi connectivity index (χ4v) is 3.78. The summed E-state index contributed by atoms with van der Waals surface area (Å²) in [5.74, 6) is 1.52. The Morgan fingerprint density at radius 3 is 2.67 bits per heavy atom. The van der Waals surface area contributed by atoms with Gasteiger partial charge in [-0.05, 0) is 45.4 Å². The van der Waals surface area contributed by atoms with E-state index in [9.17, 15) is 4.79 Å². The fourth-order valence-electron chi connectivity index (χ4n) is 2.43. The van der Waals surface area contributed by atoms with E-state index < -0.39 is 5.54 Å². The van der Waals surface area contributed by atoms with E-state index in [0.717, 1.165) is 16.8 Å². The van der Waals surface area contributed by atoms with Gasteiger partial charge >= 0.3 is 0 Å². The molecule has 1 fully saturated rings. The van der Waals surface area contributed by atoms with Gasteiger partial charge in [0.05, 0.1) is 5.54 Å². The third-order valence-electron chi connectivity index (χ3n) is 4.06. The molecule has 1 amide bonds. The SMILES string of the molecule is CC1CCC2(CC1)CSC(NC(C)(C)C(N)=O)=N2. The lowest BCUT2D eigenvalue weighted by Gasteiger charge is -2.32. The number of rotatable bonds is 2. The number of hydrogen-bond acceptors (Lipinski definition) is 4. The van der Waals surface area contributed by atoms with Gasteiger partial charge in [0.2, 0.25) is 5.91 Å². The predicted octanol–water partition coefficient (Wildman–Crippen LogP) is 1.89. The molecule has 2 rings (SSSR count). The third-order valence-corrected chi connectivity index (χ3v) is 5.21. The number of carbonyl (C=O) groups excluding carboxylic acids is 1. The Hall–Kier alpha value is -0.710. The molecule has 1 aliphatic heterocycles. The Balaban J connectivity index is 2.02. The predicted molar refractivity (Wildman–Crippen MR) is 76.7 cm³/mol. The van der Waals surface area contributed by atoms with Gasteiger partial charge in [-0.25, -0.2) is 0 Å². The molecule has 0 aromatic heterocycles. The van der Waals surface area contributed by atoms with Crippen LogP contribution >= 0.6 is 11.8 Å². The van der Waals surface area contributed by atoms with Gasteiger partial charge < -0.3 is 11.1 Å². The van der Waals surface area contributed by atoms with Crippen LogP contribution in [-0.2, 0) is 4.79 Å². The molecule has 1 saturated carbocycles. The van der Waals surface area contributed by atoms with E-state index in [0.29, 0.717) is 0 Å². The largest absolute Gasteiger partial charge is 0.368 e. The van der Waals surface area contributed by atoms with Gasteiger partial charge in [-0.2, -0.15) is 0 Å². The molecule has 2 aliphatic rings. The summed E-state index contributed by atoms with van der Waals surface area (Å²) in [5, 5.41) is 4.06. The van der Waals surface area contributed by atoms with Crippen molar-refractivity contribution >= 4 is 22.8 Å². The van der Waals surface area contributed by atoms with E-state index >= 15 is 0 Å². The molecule has 0 bridgehead atoms. The first-order valence-electron chi connectivity index (χ1n) is 6.64. The van der Waals surface area contributed by atoms with Crippen LogP contribution in [0.25, 0.3) is 0 Å². The molecule has 0 atom stereocenters. The third kappa shape index (κ3) is 2.82. The monoisotopic (exact) mass is 269 g/mol. The van der Waals surface area contributed by atoms with Crippen LogP contribution in [0.2, 0.25) is 0 Å². The van der Waals surface area contributed by atoms with Crippen LogP contribution in [0.15, 0.2) is 4.99 Å². The number of amidine groups is 1. The molecule has 0 aromatic carbocycles. The number of carbonyl (C=O) groups is 1. The minimum Gasteiger partial charge on any atom is -0.368 e. The number of hydrogen-bond donors (Lipinski definition) is 2. The van der Waals surface area contributed by atoms with E-state index in [-0.39, 0.29) is 11.4 Å². The van der Waals surface area contributed by atoms with Crippen molar-refractivity contribution in [1.29, 1.82) is 0 Å². The van der Waals surface area contributed by atoms with Crippen LogP contribution in [0, 0.1) is 5.92 Å². The zero-order valence-corrected chi connectivity index (χ0v) is 12.3. The number of nitrogens with one attached hydrogen (secondary N) is 1. The summed E-state index contributed by atoms with van der Waals surface area (Å²) in [6.07, 6.45) is 4.86. The van der Waals surface area contributed by atoms with Crippen molar-refractivity contribution in [2.24, 2.45) is 16.6 Å². The molecular formula is C13H23N3OS. The van der Waals surface area contributed by atoms with Crippen molar-refractivity contribution in [3.05, 3.63) is 0 Å². The summed E-state index contributed by atoms with van der Waals surface area (Å²) in [4.78, 5) is 16.2. The smallest absolute Gasteiger partial charge is 0.242 e. The van der Waals surface area contributed by atoms with Gasteiger partial charge in [0, 0.05) is 5.75 Å². The number of thioether (sulfide) groups is 1. The lowest BCUT2D eigenvalue weighted by Crippen LogP contribution is -2.52. The molecule has 18 heavy (non-hydrogen) atoms. The number of primary amides is 1. The minimum atomic E-state index is -0.723. The van der Waals surface area contributed by atoms with Gasteiger partial charge in [-0.1, -0.05) is 18.7 Å². The van der Waals surface area contributed by atoms with Crippen LogP contribution in [0.5, 0.6) is 0 Å². The standard InChI is InChI=1S/C13H23N3OS/c1-9-4-6-13(7-5-9)8-18-11(16-13)15-12(2,3)10(14)17/h9H,4-8H2,1-3H3,(H2,14,17)(H,15,16). The number of aliphatic imine (C=N–C) groups is 1. The maximum atomic E-state index is 11.3. The van der Waals surface area contributed by atoms with Gasteiger partial charge in [-0.15, -0.1) is 0 Å². The minimum absolute atomic E-state index is 0.118. The summed E-state index contributed by atoms with van der Waals surface area (Å²) in [6.45, 7) is 5.91. The van der Waals surface area contributed by atoms with Crippen LogP contribution in [0.1, 0.15) is 46.5 Å². The number of nitrogens with two attached hydrogens (primary N) is 1. The second-order valence-electron chi connectivity index (χ2n) is 6.23. The first-order chi connectivity index (χ1) is 8.33. The van der Waals surface area contributed by atoms with Crippen LogP contribution in [-0.4, -0.2) is 27.9 Å². The lowest BCUT2D eigenvalue weighted by molar-refractivity contribution is -0.122. The second kappa shape index (κ2) is 4.76. The first kappa shape index (κ1) is 13.7. The van der Waals surface area contributed by atoms with E-state index in [1.165, 1.54) is 25.7 Å². The van der Waals surface area contributed by atoms with Gasteiger partial charge in [0.25, 0.3) is 0 Å². The molecule has 5 heteroatoms. The molecule has 0 radical (unpaired) electrons. The average Bonchev–Trinajstić information content (AvgIpc) is 2.66. The molecule has 3 N–H and O–H groups in total. The Kier molecular flexibility index (Phi) is 3.63. The summed E-state index contributed by atoms with van der Waals surface area (Å²) in [6, 6.07) is 0. The summed E-state index contributed by atoms with van der Waals surface area (Å²) in [5.41, 5.74) is 4.77. The Bertz CT molecular complexity index is 370. The Labute approximate surface area is 113 Å². The van der Waals surface area contributed by atoms with E-state index in [4.69, 9.17) is 10.7 Å². The van der Waals surface area contributed by atoms with E-state index in [2.05, 4.69) is 12.2 Å². The maximum Gasteiger partial charge on any atom is 0.242 e. The molecule has 1 heterocycles. The summed E-state index contributed by atoms with van der Waals surface area (Å²) in [7, 11) is 0. The zero-order chi connectivity index (χ0) is 13.4. The highest BCUT2D eigenvalue weighted by molar-refractivity contribution is 8.14. The molecule has 0 unspecified atom stereocenters. The molecule has 1 spiro atoms. The highest BCUT2D eigenvalue weighted by Gasteiger charge is 2.39. The normalized spacial score (nSPS) is 32.4. The quantitative estimate of drug-likeness (QED) is 0.804. The molecule has 0 saturated heterocycles. The van der Waals surface area contributed by atoms with E-state index in [1.54, 1.807) is 25.6 Å². The van der Waals surface area contributed by atoms with Crippen molar-refractivity contribution in [2.75, 3.05) is 5.75 Å². The number of nitrogens with zero attached hydrogens (tertiary/aromatic N) is 1. The number of amides is 1. The summed E-state index contributed by atoms with van der Waals surface area (Å²) < 4.78 is 0. The molecule has 1 aliphatic carbocycles. The van der Waals surface area contributed by atoms with Crippen LogP contribution in [0.4, 0.5) is 0 Å². The first-order valence-corrected chi connectivity index (χ1v) is 7.62. The van der Waals surface area contributed by atoms with Crippen molar-refractivity contribution in [1.82, 2.24) is 5.32 Å². The van der Waals surface area contributed by atoms with E-state index in [1.807, 2.05) is 0 Å². The Morgan fingerprint density at radius 2 is 2.11 bits per heavy atom.